The molecule has 0 aliphatic heterocycles. The van der Waals surface area contributed by atoms with Gasteiger partial charge in [-0.05, 0) is 25.6 Å². The molecule has 7 heteroatoms. The Morgan fingerprint density at radius 2 is 2.28 bits per heavy atom. The van der Waals surface area contributed by atoms with Gasteiger partial charge in [-0.2, -0.15) is 5.10 Å². The third-order valence-corrected chi connectivity index (χ3v) is 3.42. The van der Waals surface area contributed by atoms with E-state index in [1.807, 2.05) is 20.9 Å². The number of rotatable bonds is 3. The normalized spacial score (nSPS) is 12.9. The van der Waals surface area contributed by atoms with Gasteiger partial charge in [0.15, 0.2) is 10.4 Å². The fourth-order valence-electron chi connectivity index (χ4n) is 2.17. The van der Waals surface area contributed by atoms with Crippen molar-refractivity contribution in [2.24, 2.45) is 7.05 Å². The van der Waals surface area contributed by atoms with E-state index in [2.05, 4.69) is 15.4 Å². The molecule has 98 valence electrons. The number of carbonyl (C=O) groups is 1. The lowest BCUT2D eigenvalue weighted by atomic mass is 10.3. The summed E-state index contributed by atoms with van der Waals surface area (Å²) in [5.41, 5.74) is 2.73. The number of imidazole rings is 1. The lowest BCUT2D eigenvalue weighted by molar-refractivity contribution is -0.123. The van der Waals surface area contributed by atoms with Gasteiger partial charge < -0.3 is 10.3 Å². The maximum absolute atomic E-state index is 11.8. The van der Waals surface area contributed by atoms with Gasteiger partial charge in [0.1, 0.15) is 11.6 Å². The van der Waals surface area contributed by atoms with Crippen LogP contribution < -0.4 is 5.32 Å². The lowest BCUT2D eigenvalue weighted by Crippen LogP contribution is -2.28. The third-order valence-electron chi connectivity index (χ3n) is 3.12. The predicted octanol–water partition coefficient (Wildman–Crippen LogP) is 1.30. The van der Waals surface area contributed by atoms with Crippen LogP contribution in [-0.2, 0) is 18.3 Å². The average Bonchev–Trinajstić information content (AvgIpc) is 2.84. The van der Waals surface area contributed by atoms with Crippen LogP contribution in [0.2, 0.25) is 0 Å². The number of aromatic nitrogens is 4. The Morgan fingerprint density at radius 1 is 1.61 bits per heavy atom. The second-order valence-electron chi connectivity index (χ2n) is 4.21. The van der Waals surface area contributed by atoms with Crippen molar-refractivity contribution in [3.05, 3.63) is 10.5 Å². The molecule has 2 heterocycles. The molecular formula is C11H17N5OS. The van der Waals surface area contributed by atoms with Crippen LogP contribution in [0.4, 0.5) is 0 Å². The highest BCUT2D eigenvalue weighted by Gasteiger charge is 2.21. The largest absolute Gasteiger partial charge is 0.357 e. The SMILES string of the molecule is CCc1nn(C)c2c1[nH]c(=S)n2C(C)C(=O)NC. The molecule has 0 saturated carbocycles. The third kappa shape index (κ3) is 1.74. The highest BCUT2D eigenvalue weighted by Crippen LogP contribution is 2.22. The number of nitrogens with zero attached hydrogens (tertiary/aromatic N) is 3. The number of aryl methyl sites for hydroxylation is 2. The fraction of sp³-hybridized carbons (Fsp3) is 0.545. The summed E-state index contributed by atoms with van der Waals surface area (Å²) in [6.07, 6.45) is 0.820. The summed E-state index contributed by atoms with van der Waals surface area (Å²) < 4.78 is 4.11. The van der Waals surface area contributed by atoms with Crippen LogP contribution >= 0.6 is 12.2 Å². The Kier molecular flexibility index (Phi) is 3.25. The molecular weight excluding hydrogens is 250 g/mol. The van der Waals surface area contributed by atoms with Gasteiger partial charge >= 0.3 is 0 Å². The topological polar surface area (TPSA) is 67.6 Å². The van der Waals surface area contributed by atoms with E-state index >= 15 is 0 Å². The van der Waals surface area contributed by atoms with E-state index in [1.165, 1.54) is 0 Å². The predicted molar refractivity (Wildman–Crippen MR) is 72.0 cm³/mol. The van der Waals surface area contributed by atoms with Gasteiger partial charge in [0.2, 0.25) is 5.91 Å². The molecule has 0 radical (unpaired) electrons. The van der Waals surface area contributed by atoms with Crippen molar-refractivity contribution < 1.29 is 4.79 Å². The first-order valence-corrected chi connectivity index (χ1v) is 6.29. The Balaban J connectivity index is 2.71. The quantitative estimate of drug-likeness (QED) is 0.824. The van der Waals surface area contributed by atoms with Crippen molar-refractivity contribution >= 4 is 29.3 Å². The van der Waals surface area contributed by atoms with Crippen molar-refractivity contribution in [3.63, 3.8) is 0 Å². The standard InChI is InChI=1S/C11H17N5OS/c1-5-7-8-10(15(4)14-7)16(11(18)13-8)6(2)9(17)12-3/h6H,5H2,1-4H3,(H,12,17)(H,13,18). The van der Waals surface area contributed by atoms with E-state index in [0.29, 0.717) is 4.77 Å². The van der Waals surface area contributed by atoms with Crippen LogP contribution in [0.5, 0.6) is 0 Å². The molecule has 1 unspecified atom stereocenters. The molecule has 0 aliphatic rings. The number of aromatic amines is 1. The molecule has 2 N–H and O–H groups in total. The van der Waals surface area contributed by atoms with Gasteiger partial charge in [-0.15, -0.1) is 0 Å². The van der Waals surface area contributed by atoms with Crippen molar-refractivity contribution in [2.75, 3.05) is 7.05 Å². The van der Waals surface area contributed by atoms with E-state index in [1.54, 1.807) is 16.3 Å². The van der Waals surface area contributed by atoms with Crippen molar-refractivity contribution in [3.8, 4) is 0 Å². The molecule has 1 amide bonds. The summed E-state index contributed by atoms with van der Waals surface area (Å²) in [6.45, 7) is 3.86. The van der Waals surface area contributed by atoms with Crippen molar-refractivity contribution in [2.45, 2.75) is 26.3 Å². The summed E-state index contributed by atoms with van der Waals surface area (Å²) >= 11 is 5.30. The minimum absolute atomic E-state index is 0.0775. The molecule has 1 atom stereocenters. The molecule has 2 rings (SSSR count). The smallest absolute Gasteiger partial charge is 0.242 e. The lowest BCUT2D eigenvalue weighted by Gasteiger charge is -2.12. The van der Waals surface area contributed by atoms with Gasteiger partial charge in [-0.3, -0.25) is 14.0 Å². The summed E-state index contributed by atoms with van der Waals surface area (Å²) in [4.78, 5) is 14.9. The van der Waals surface area contributed by atoms with Gasteiger partial charge in [0, 0.05) is 14.1 Å². The van der Waals surface area contributed by atoms with Crippen LogP contribution in [0.3, 0.4) is 0 Å². The minimum atomic E-state index is -0.364. The van der Waals surface area contributed by atoms with Crippen molar-refractivity contribution in [1.29, 1.82) is 0 Å². The number of likely N-dealkylation sites (N-methyl/N-ethyl adjacent to an activating group) is 1. The Labute approximate surface area is 110 Å². The van der Waals surface area contributed by atoms with Crippen LogP contribution in [0.1, 0.15) is 25.6 Å². The first-order valence-electron chi connectivity index (χ1n) is 5.88. The highest BCUT2D eigenvalue weighted by atomic mass is 32.1. The number of nitrogens with one attached hydrogen (secondary N) is 2. The Hall–Kier alpha value is -1.63. The summed E-state index contributed by atoms with van der Waals surface area (Å²) in [7, 11) is 3.48. The zero-order chi connectivity index (χ0) is 13.4. The fourth-order valence-corrected chi connectivity index (χ4v) is 2.52. The molecule has 18 heavy (non-hydrogen) atoms. The molecule has 0 spiro atoms. The number of hydrogen-bond donors (Lipinski definition) is 2. The second kappa shape index (κ2) is 4.56. The van der Waals surface area contributed by atoms with E-state index in [9.17, 15) is 4.79 Å². The van der Waals surface area contributed by atoms with E-state index in [-0.39, 0.29) is 11.9 Å². The molecule has 0 aliphatic carbocycles. The monoisotopic (exact) mass is 267 g/mol. The molecule has 6 nitrogen and oxygen atoms in total. The molecule has 0 bridgehead atoms. The van der Waals surface area contributed by atoms with Crippen molar-refractivity contribution in [1.82, 2.24) is 24.6 Å². The van der Waals surface area contributed by atoms with Crippen LogP contribution in [0, 0.1) is 4.77 Å². The number of H-pyrrole nitrogens is 1. The minimum Gasteiger partial charge on any atom is -0.357 e. The van der Waals surface area contributed by atoms with Crippen LogP contribution in [0.15, 0.2) is 0 Å². The molecule has 0 saturated heterocycles. The first kappa shape index (κ1) is 12.8. The molecule has 2 aromatic rings. The molecule has 0 fully saturated rings. The van der Waals surface area contributed by atoms with Crippen LogP contribution in [0.25, 0.3) is 11.2 Å². The summed E-state index contributed by atoms with van der Waals surface area (Å²) in [5.74, 6) is -0.0775. The zero-order valence-electron chi connectivity index (χ0n) is 10.9. The van der Waals surface area contributed by atoms with E-state index in [0.717, 1.165) is 23.3 Å². The van der Waals surface area contributed by atoms with Crippen LogP contribution in [-0.4, -0.2) is 32.3 Å². The van der Waals surface area contributed by atoms with Gasteiger partial charge in [-0.1, -0.05) is 6.92 Å². The van der Waals surface area contributed by atoms with Gasteiger partial charge in [0.05, 0.1) is 5.69 Å². The average molecular weight is 267 g/mol. The maximum atomic E-state index is 11.8. The first-order chi connectivity index (χ1) is 8.51. The zero-order valence-corrected chi connectivity index (χ0v) is 11.8. The van der Waals surface area contributed by atoms with E-state index in [4.69, 9.17) is 12.2 Å². The number of fused-ring (bicyclic) bond motifs is 1. The number of amides is 1. The summed E-state index contributed by atoms with van der Waals surface area (Å²) in [5, 5.41) is 7.06. The molecule has 2 aromatic heterocycles. The Morgan fingerprint density at radius 3 is 2.83 bits per heavy atom. The molecule has 0 aromatic carbocycles. The Bertz CT molecular complexity index is 650. The summed E-state index contributed by atoms with van der Waals surface area (Å²) in [6, 6.07) is -0.364. The number of carbonyl (C=O) groups excluding carboxylic acids is 1. The maximum Gasteiger partial charge on any atom is 0.242 e. The second-order valence-corrected chi connectivity index (χ2v) is 4.60. The van der Waals surface area contributed by atoms with E-state index < -0.39 is 0 Å². The highest BCUT2D eigenvalue weighted by molar-refractivity contribution is 7.71. The number of hydrogen-bond acceptors (Lipinski definition) is 3. The van der Waals surface area contributed by atoms with Gasteiger partial charge in [0.25, 0.3) is 0 Å². The van der Waals surface area contributed by atoms with Gasteiger partial charge in [-0.25, -0.2) is 0 Å².